The highest BCUT2D eigenvalue weighted by atomic mass is 79.9. The Morgan fingerprint density at radius 2 is 2.00 bits per heavy atom. The second-order valence-corrected chi connectivity index (χ2v) is 9.40. The summed E-state index contributed by atoms with van der Waals surface area (Å²) in [5, 5.41) is 12.3. The highest BCUT2D eigenvalue weighted by Crippen LogP contribution is 2.31. The Balaban J connectivity index is 1.59. The van der Waals surface area contributed by atoms with Gasteiger partial charge in [0.05, 0.1) is 11.3 Å². The van der Waals surface area contributed by atoms with Crippen LogP contribution in [0.5, 0.6) is 0 Å². The Morgan fingerprint density at radius 1 is 1.17 bits per heavy atom. The molecule has 7 nitrogen and oxygen atoms in total. The van der Waals surface area contributed by atoms with Crippen LogP contribution in [0.1, 0.15) is 16.8 Å². The molecule has 1 atom stereocenters. The van der Waals surface area contributed by atoms with Crippen LogP contribution >= 0.6 is 15.9 Å². The van der Waals surface area contributed by atoms with Crippen molar-refractivity contribution in [1.29, 1.82) is 0 Å². The third-order valence-corrected chi connectivity index (χ3v) is 6.57. The number of nitrogens with two attached hydrogens (primary N) is 1. The zero-order valence-electron chi connectivity index (χ0n) is 19.2. The maximum Gasteiger partial charge on any atom is 0.252 e. The second kappa shape index (κ2) is 9.85. The molecule has 0 aliphatic rings. The average molecular weight is 529 g/mol. The maximum absolute atomic E-state index is 13.8. The van der Waals surface area contributed by atoms with Crippen LogP contribution in [0.2, 0.25) is 0 Å². The number of hydrogen-bond acceptors (Lipinski definition) is 4. The SMILES string of the molecule is Cn1cc(/C(=C\c2[nH]nc3ncccc23)C(=O)N[C@H](CN)Cc2ccccc2)c2cc(Br)ccc21. The molecule has 0 unspecified atom stereocenters. The first-order chi connectivity index (χ1) is 17.0. The lowest BCUT2D eigenvalue weighted by Gasteiger charge is -2.18. The molecule has 5 aromatic rings. The predicted octanol–water partition coefficient (Wildman–Crippen LogP) is 4.44. The van der Waals surface area contributed by atoms with E-state index in [2.05, 4.69) is 36.4 Å². The first-order valence-electron chi connectivity index (χ1n) is 11.3. The van der Waals surface area contributed by atoms with Gasteiger partial charge in [0.15, 0.2) is 5.65 Å². The van der Waals surface area contributed by atoms with Gasteiger partial charge in [-0.15, -0.1) is 0 Å². The fourth-order valence-corrected chi connectivity index (χ4v) is 4.68. The molecule has 0 bridgehead atoms. The molecule has 0 saturated carbocycles. The lowest BCUT2D eigenvalue weighted by atomic mass is 10.0. The number of H-pyrrole nitrogens is 1. The highest BCUT2D eigenvalue weighted by Gasteiger charge is 2.21. The van der Waals surface area contributed by atoms with Crippen LogP contribution in [0.4, 0.5) is 0 Å². The fraction of sp³-hybridized carbons (Fsp3) is 0.148. The summed E-state index contributed by atoms with van der Waals surface area (Å²) in [5.74, 6) is -0.199. The topological polar surface area (TPSA) is 102 Å². The van der Waals surface area contributed by atoms with Crippen molar-refractivity contribution in [3.8, 4) is 0 Å². The third-order valence-electron chi connectivity index (χ3n) is 6.08. The van der Waals surface area contributed by atoms with Crippen molar-refractivity contribution >= 4 is 55.4 Å². The molecule has 3 aromatic heterocycles. The molecule has 0 radical (unpaired) electrons. The summed E-state index contributed by atoms with van der Waals surface area (Å²) in [6, 6.07) is 19.7. The van der Waals surface area contributed by atoms with Gasteiger partial charge in [-0.05, 0) is 48.4 Å². The van der Waals surface area contributed by atoms with E-state index >= 15 is 0 Å². The highest BCUT2D eigenvalue weighted by molar-refractivity contribution is 9.10. The normalized spacial score (nSPS) is 12.8. The van der Waals surface area contributed by atoms with E-state index in [1.807, 2.05) is 84.6 Å². The molecule has 5 rings (SSSR count). The summed E-state index contributed by atoms with van der Waals surface area (Å²) in [5.41, 5.74) is 10.9. The smallest absolute Gasteiger partial charge is 0.252 e. The third kappa shape index (κ3) is 4.76. The van der Waals surface area contributed by atoms with Crippen molar-refractivity contribution in [3.05, 3.63) is 94.4 Å². The molecule has 0 saturated heterocycles. The minimum Gasteiger partial charge on any atom is -0.350 e. The monoisotopic (exact) mass is 528 g/mol. The van der Waals surface area contributed by atoms with E-state index in [1.165, 1.54) is 0 Å². The number of nitrogens with one attached hydrogen (secondary N) is 2. The minimum absolute atomic E-state index is 0.199. The van der Waals surface area contributed by atoms with Gasteiger partial charge in [-0.1, -0.05) is 46.3 Å². The van der Waals surface area contributed by atoms with E-state index in [0.717, 1.165) is 37.6 Å². The molecular formula is C27H25BrN6O. The van der Waals surface area contributed by atoms with Gasteiger partial charge in [0.25, 0.3) is 5.91 Å². The average Bonchev–Trinajstić information content (AvgIpc) is 3.43. The summed E-state index contributed by atoms with van der Waals surface area (Å²) < 4.78 is 2.97. The standard InChI is InChI=1S/C27H25BrN6O/c1-34-16-23(21-13-18(28)9-10-25(21)34)22(14-24-20-8-5-11-30-26(20)33-32-24)27(35)31-19(15-29)12-17-6-3-2-4-7-17/h2-11,13-14,16,19H,12,15,29H2,1H3,(H,31,35)(H,30,32,33)/b22-14+/t19-/m0/s1. The molecule has 0 aliphatic heterocycles. The zero-order chi connectivity index (χ0) is 24.4. The molecule has 8 heteroatoms. The van der Waals surface area contributed by atoms with Crippen molar-refractivity contribution in [3.63, 3.8) is 0 Å². The summed E-state index contributed by atoms with van der Waals surface area (Å²) in [7, 11) is 1.98. The summed E-state index contributed by atoms with van der Waals surface area (Å²) >= 11 is 3.57. The Bertz CT molecular complexity index is 1540. The Morgan fingerprint density at radius 3 is 2.80 bits per heavy atom. The fourth-order valence-electron chi connectivity index (χ4n) is 4.32. The number of aryl methyl sites for hydroxylation is 1. The van der Waals surface area contributed by atoms with Crippen molar-refractivity contribution in [2.24, 2.45) is 12.8 Å². The van der Waals surface area contributed by atoms with Crippen LogP contribution in [0, 0.1) is 0 Å². The van der Waals surface area contributed by atoms with Gasteiger partial charge in [-0.2, -0.15) is 5.10 Å². The van der Waals surface area contributed by atoms with E-state index < -0.39 is 0 Å². The summed E-state index contributed by atoms with van der Waals surface area (Å²) in [6.45, 7) is 0.325. The number of amides is 1. The van der Waals surface area contributed by atoms with Gasteiger partial charge in [0.1, 0.15) is 0 Å². The quantitative estimate of drug-likeness (QED) is 0.272. The number of fused-ring (bicyclic) bond motifs is 2. The molecule has 176 valence electrons. The molecule has 2 aromatic carbocycles. The molecule has 1 amide bonds. The van der Waals surface area contributed by atoms with E-state index in [-0.39, 0.29) is 11.9 Å². The van der Waals surface area contributed by atoms with Crippen molar-refractivity contribution in [2.45, 2.75) is 12.5 Å². The number of carbonyl (C=O) groups excluding carboxylic acids is 1. The molecule has 0 spiro atoms. The molecule has 35 heavy (non-hydrogen) atoms. The Labute approximate surface area is 211 Å². The molecule has 0 fully saturated rings. The van der Waals surface area contributed by atoms with E-state index in [1.54, 1.807) is 6.20 Å². The summed E-state index contributed by atoms with van der Waals surface area (Å²) in [4.78, 5) is 18.1. The number of aromatic amines is 1. The lowest BCUT2D eigenvalue weighted by Crippen LogP contribution is -2.42. The van der Waals surface area contributed by atoms with Crippen LogP contribution in [-0.4, -0.2) is 38.2 Å². The first kappa shape index (κ1) is 23.0. The molecular weight excluding hydrogens is 504 g/mol. The van der Waals surface area contributed by atoms with Crippen molar-refractivity contribution in [1.82, 2.24) is 25.1 Å². The number of rotatable bonds is 7. The summed E-state index contributed by atoms with van der Waals surface area (Å²) in [6.07, 6.45) is 6.17. The molecule has 3 heterocycles. The number of halogens is 1. The van der Waals surface area contributed by atoms with Crippen LogP contribution < -0.4 is 11.1 Å². The Hall–Kier alpha value is -3.75. The van der Waals surface area contributed by atoms with Gasteiger partial charge in [0, 0.05) is 58.4 Å². The van der Waals surface area contributed by atoms with Crippen molar-refractivity contribution in [2.75, 3.05) is 6.54 Å². The van der Waals surface area contributed by atoms with Gasteiger partial charge in [-0.3, -0.25) is 9.89 Å². The van der Waals surface area contributed by atoms with Gasteiger partial charge < -0.3 is 15.6 Å². The number of benzene rings is 2. The maximum atomic E-state index is 13.8. The van der Waals surface area contributed by atoms with Crippen LogP contribution in [0.3, 0.4) is 0 Å². The largest absolute Gasteiger partial charge is 0.350 e. The van der Waals surface area contributed by atoms with Crippen LogP contribution in [0.25, 0.3) is 33.6 Å². The van der Waals surface area contributed by atoms with Gasteiger partial charge >= 0.3 is 0 Å². The zero-order valence-corrected chi connectivity index (χ0v) is 20.8. The number of nitrogens with zero attached hydrogens (tertiary/aromatic N) is 3. The Kier molecular flexibility index (Phi) is 6.48. The van der Waals surface area contributed by atoms with Crippen LogP contribution in [-0.2, 0) is 18.3 Å². The minimum atomic E-state index is -0.213. The van der Waals surface area contributed by atoms with Crippen LogP contribution in [0.15, 0.2) is 77.5 Å². The molecule has 0 aliphatic carbocycles. The van der Waals surface area contributed by atoms with Gasteiger partial charge in [-0.25, -0.2) is 4.98 Å². The predicted molar refractivity (Wildman–Crippen MR) is 144 cm³/mol. The van der Waals surface area contributed by atoms with E-state index in [0.29, 0.717) is 24.2 Å². The van der Waals surface area contributed by atoms with Crippen molar-refractivity contribution < 1.29 is 4.79 Å². The van der Waals surface area contributed by atoms with E-state index in [9.17, 15) is 4.79 Å². The lowest BCUT2D eigenvalue weighted by molar-refractivity contribution is -0.116. The van der Waals surface area contributed by atoms with E-state index in [4.69, 9.17) is 5.73 Å². The second-order valence-electron chi connectivity index (χ2n) is 8.48. The number of carbonyl (C=O) groups is 1. The molecule has 4 N–H and O–H groups in total. The number of hydrogen-bond donors (Lipinski definition) is 3. The number of pyridine rings is 1. The first-order valence-corrected chi connectivity index (χ1v) is 12.1. The van der Waals surface area contributed by atoms with Gasteiger partial charge in [0.2, 0.25) is 0 Å². The number of aromatic nitrogens is 4.